The molecule has 0 aliphatic heterocycles. The number of carboxylic acid groups (broad SMARTS) is 1. The van der Waals surface area contributed by atoms with Crippen molar-refractivity contribution in [3.8, 4) is 5.75 Å². The van der Waals surface area contributed by atoms with E-state index in [1.54, 1.807) is 18.2 Å². The molecule has 1 N–H and O–H groups in total. The van der Waals surface area contributed by atoms with E-state index in [-0.39, 0.29) is 5.56 Å². The molecule has 2 aromatic carbocycles. The lowest BCUT2D eigenvalue weighted by Gasteiger charge is -2.10. The van der Waals surface area contributed by atoms with Crippen molar-refractivity contribution >= 4 is 21.9 Å². The first-order valence-electron chi connectivity index (χ1n) is 6.90. The third-order valence-electron chi connectivity index (χ3n) is 3.74. The highest BCUT2D eigenvalue weighted by Crippen LogP contribution is 2.28. The molecule has 0 bridgehead atoms. The van der Waals surface area contributed by atoms with Crippen LogP contribution in [0.1, 0.15) is 33.5 Å². The predicted octanol–water partition coefficient (Wildman–Crippen LogP) is 4.22. The van der Waals surface area contributed by atoms with E-state index in [0.29, 0.717) is 12.4 Å². The van der Waals surface area contributed by atoms with Crippen molar-refractivity contribution in [1.82, 2.24) is 0 Å². The van der Waals surface area contributed by atoms with Gasteiger partial charge in [-0.05, 0) is 70.1 Å². The molecule has 0 unspecified atom stereocenters. The van der Waals surface area contributed by atoms with Gasteiger partial charge in [-0.2, -0.15) is 0 Å². The van der Waals surface area contributed by atoms with Gasteiger partial charge in [0.1, 0.15) is 12.4 Å². The molecular weight excluding hydrogens is 332 g/mol. The molecule has 21 heavy (non-hydrogen) atoms. The Hall–Kier alpha value is -1.81. The van der Waals surface area contributed by atoms with Crippen LogP contribution in [-0.2, 0) is 19.4 Å². The van der Waals surface area contributed by atoms with Crippen LogP contribution in [-0.4, -0.2) is 11.1 Å². The van der Waals surface area contributed by atoms with Crippen LogP contribution < -0.4 is 4.74 Å². The van der Waals surface area contributed by atoms with Gasteiger partial charge in [0.15, 0.2) is 0 Å². The second-order valence-corrected chi connectivity index (χ2v) is 6.05. The lowest BCUT2D eigenvalue weighted by molar-refractivity contribution is 0.0696. The van der Waals surface area contributed by atoms with Crippen LogP contribution in [0.4, 0.5) is 0 Å². The number of hydrogen-bond donors (Lipinski definition) is 1. The standard InChI is InChI=1S/C17H15BrO3/c18-15-7-6-14(17(19)20)9-16(15)21-10-11-4-5-12-2-1-3-13(12)8-11/h4-9H,1-3,10H2,(H,19,20). The van der Waals surface area contributed by atoms with Gasteiger partial charge in [-0.15, -0.1) is 0 Å². The van der Waals surface area contributed by atoms with Crippen molar-refractivity contribution in [2.45, 2.75) is 25.9 Å². The number of aromatic carboxylic acids is 1. The molecule has 0 saturated heterocycles. The first kappa shape index (κ1) is 14.1. The van der Waals surface area contributed by atoms with Gasteiger partial charge in [-0.25, -0.2) is 4.79 Å². The van der Waals surface area contributed by atoms with Crippen LogP contribution in [0.5, 0.6) is 5.75 Å². The molecule has 0 spiro atoms. The van der Waals surface area contributed by atoms with Crippen molar-refractivity contribution < 1.29 is 14.6 Å². The Morgan fingerprint density at radius 1 is 1.14 bits per heavy atom. The first-order chi connectivity index (χ1) is 10.1. The predicted molar refractivity (Wildman–Crippen MR) is 83.9 cm³/mol. The average Bonchev–Trinajstić information content (AvgIpc) is 2.93. The minimum atomic E-state index is -0.954. The zero-order valence-electron chi connectivity index (χ0n) is 11.4. The summed E-state index contributed by atoms with van der Waals surface area (Å²) in [6.45, 7) is 0.439. The van der Waals surface area contributed by atoms with Gasteiger partial charge >= 0.3 is 5.97 Å². The number of carbonyl (C=O) groups is 1. The number of fused-ring (bicyclic) bond motifs is 1. The summed E-state index contributed by atoms with van der Waals surface area (Å²) in [5.74, 6) is -0.403. The second-order valence-electron chi connectivity index (χ2n) is 5.20. The first-order valence-corrected chi connectivity index (χ1v) is 7.69. The highest BCUT2D eigenvalue weighted by Gasteiger charge is 2.12. The molecular formula is C17H15BrO3. The number of rotatable bonds is 4. The average molecular weight is 347 g/mol. The van der Waals surface area contributed by atoms with Gasteiger partial charge < -0.3 is 9.84 Å². The minimum absolute atomic E-state index is 0.224. The normalized spacial score (nSPS) is 13.0. The van der Waals surface area contributed by atoms with E-state index in [1.165, 1.54) is 24.0 Å². The van der Waals surface area contributed by atoms with Crippen LogP contribution in [0.3, 0.4) is 0 Å². The highest BCUT2D eigenvalue weighted by molar-refractivity contribution is 9.10. The quantitative estimate of drug-likeness (QED) is 0.901. The molecule has 1 aliphatic rings. The van der Waals surface area contributed by atoms with E-state index in [4.69, 9.17) is 9.84 Å². The molecule has 0 radical (unpaired) electrons. The summed E-state index contributed by atoms with van der Waals surface area (Å²) >= 11 is 3.38. The number of benzene rings is 2. The summed E-state index contributed by atoms with van der Waals surface area (Å²) in [4.78, 5) is 11.0. The van der Waals surface area contributed by atoms with E-state index >= 15 is 0 Å². The SMILES string of the molecule is O=C(O)c1ccc(Br)c(OCc2ccc3c(c2)CCC3)c1. The van der Waals surface area contributed by atoms with E-state index in [1.807, 2.05) is 0 Å². The molecule has 2 aromatic rings. The number of carboxylic acids is 1. The minimum Gasteiger partial charge on any atom is -0.488 e. The summed E-state index contributed by atoms with van der Waals surface area (Å²) in [6.07, 6.45) is 3.54. The van der Waals surface area contributed by atoms with Gasteiger partial charge in [-0.1, -0.05) is 18.2 Å². The molecule has 108 valence electrons. The lowest BCUT2D eigenvalue weighted by atomic mass is 10.1. The second kappa shape index (κ2) is 5.90. The third-order valence-corrected chi connectivity index (χ3v) is 4.39. The fraction of sp³-hybridized carbons (Fsp3) is 0.235. The van der Waals surface area contributed by atoms with Gasteiger partial charge in [-0.3, -0.25) is 0 Å². The van der Waals surface area contributed by atoms with Gasteiger partial charge in [0.05, 0.1) is 10.0 Å². The van der Waals surface area contributed by atoms with Crippen molar-refractivity contribution in [2.75, 3.05) is 0 Å². The Morgan fingerprint density at radius 2 is 1.95 bits per heavy atom. The molecule has 0 heterocycles. The summed E-state index contributed by atoms with van der Waals surface area (Å²) in [7, 11) is 0. The van der Waals surface area contributed by atoms with Crippen LogP contribution in [0.15, 0.2) is 40.9 Å². The number of hydrogen-bond acceptors (Lipinski definition) is 2. The Morgan fingerprint density at radius 3 is 2.76 bits per heavy atom. The molecule has 0 saturated carbocycles. The van der Waals surface area contributed by atoms with Gasteiger partial charge in [0, 0.05) is 0 Å². The van der Waals surface area contributed by atoms with Gasteiger partial charge in [0.25, 0.3) is 0 Å². The molecule has 0 atom stereocenters. The fourth-order valence-corrected chi connectivity index (χ4v) is 2.98. The molecule has 3 nitrogen and oxygen atoms in total. The Bertz CT molecular complexity index is 694. The van der Waals surface area contributed by atoms with Crippen molar-refractivity contribution in [3.05, 3.63) is 63.1 Å². The third kappa shape index (κ3) is 3.10. The Balaban J connectivity index is 1.75. The zero-order chi connectivity index (χ0) is 14.8. The van der Waals surface area contributed by atoms with Crippen LogP contribution in [0.2, 0.25) is 0 Å². The Labute approximate surface area is 131 Å². The smallest absolute Gasteiger partial charge is 0.335 e. The monoisotopic (exact) mass is 346 g/mol. The van der Waals surface area contributed by atoms with Gasteiger partial charge in [0.2, 0.25) is 0 Å². The number of ether oxygens (including phenoxy) is 1. The van der Waals surface area contributed by atoms with Crippen molar-refractivity contribution in [3.63, 3.8) is 0 Å². The summed E-state index contributed by atoms with van der Waals surface area (Å²) in [5.41, 5.74) is 4.19. The van der Waals surface area contributed by atoms with Crippen molar-refractivity contribution in [1.29, 1.82) is 0 Å². The maximum absolute atomic E-state index is 11.0. The summed E-state index contributed by atoms with van der Waals surface area (Å²) in [6, 6.07) is 11.2. The largest absolute Gasteiger partial charge is 0.488 e. The van der Waals surface area contributed by atoms with Crippen molar-refractivity contribution in [2.24, 2.45) is 0 Å². The highest BCUT2D eigenvalue weighted by atomic mass is 79.9. The van der Waals surface area contributed by atoms with Crippen LogP contribution in [0.25, 0.3) is 0 Å². The van der Waals surface area contributed by atoms with E-state index in [9.17, 15) is 4.79 Å². The maximum Gasteiger partial charge on any atom is 0.335 e. The molecule has 0 aromatic heterocycles. The molecule has 0 amide bonds. The molecule has 0 fully saturated rings. The van der Waals surface area contributed by atoms with E-state index in [2.05, 4.69) is 34.1 Å². The number of aryl methyl sites for hydroxylation is 2. The summed E-state index contributed by atoms with van der Waals surface area (Å²) in [5, 5.41) is 9.02. The van der Waals surface area contributed by atoms with E-state index in [0.717, 1.165) is 16.5 Å². The molecule has 3 rings (SSSR count). The summed E-state index contributed by atoms with van der Waals surface area (Å²) < 4.78 is 6.52. The maximum atomic E-state index is 11.0. The van der Waals surface area contributed by atoms with Crippen LogP contribution >= 0.6 is 15.9 Å². The topological polar surface area (TPSA) is 46.5 Å². The number of halogens is 1. The fourth-order valence-electron chi connectivity index (χ4n) is 2.62. The van der Waals surface area contributed by atoms with E-state index < -0.39 is 5.97 Å². The van der Waals surface area contributed by atoms with Crippen LogP contribution in [0, 0.1) is 0 Å². The molecule has 1 aliphatic carbocycles. The Kier molecular flexibility index (Phi) is 3.97. The molecule has 4 heteroatoms. The zero-order valence-corrected chi connectivity index (χ0v) is 13.0. The lowest BCUT2D eigenvalue weighted by Crippen LogP contribution is -2.00.